The maximum absolute atomic E-state index is 12.7. The molecule has 1 saturated heterocycles. The molecule has 3 rings (SSSR count). The van der Waals surface area contributed by atoms with Crippen molar-refractivity contribution in [2.75, 3.05) is 18.1 Å². The van der Waals surface area contributed by atoms with Gasteiger partial charge in [0.1, 0.15) is 24.1 Å². The molecule has 2 amide bonds. The van der Waals surface area contributed by atoms with Crippen molar-refractivity contribution in [3.05, 3.63) is 18.2 Å². The lowest BCUT2D eigenvalue weighted by Gasteiger charge is -2.38. The molecule has 1 unspecified atom stereocenters. The third-order valence-electron chi connectivity index (χ3n) is 3.61. The van der Waals surface area contributed by atoms with Gasteiger partial charge in [0.25, 0.3) is 0 Å². The summed E-state index contributed by atoms with van der Waals surface area (Å²) in [6.07, 6.45) is 0.536. The number of rotatable bonds is 3. The Morgan fingerprint density at radius 2 is 2.13 bits per heavy atom. The van der Waals surface area contributed by atoms with Crippen LogP contribution < -0.4 is 19.1 Å². The van der Waals surface area contributed by atoms with Crippen LogP contribution in [0.15, 0.2) is 18.2 Å². The van der Waals surface area contributed by atoms with Crippen molar-refractivity contribution < 1.29 is 30.8 Å². The Bertz CT molecular complexity index is 766. The van der Waals surface area contributed by atoms with Gasteiger partial charge in [0.05, 0.1) is 12.2 Å². The van der Waals surface area contributed by atoms with Crippen molar-refractivity contribution >= 4 is 28.0 Å². The van der Waals surface area contributed by atoms with Gasteiger partial charge in [-0.3, -0.25) is 14.9 Å². The Morgan fingerprint density at radius 1 is 1.35 bits per heavy atom. The second-order valence-corrected chi connectivity index (χ2v) is 6.07. The summed E-state index contributed by atoms with van der Waals surface area (Å²) in [5, 5.41) is 2.26. The number of benzene rings is 1. The maximum Gasteiger partial charge on any atom is 0.488 e. The number of nitrogens with zero attached hydrogens (tertiary/aromatic N) is 1. The first-order chi connectivity index (χ1) is 10.8. The van der Waals surface area contributed by atoms with Crippen LogP contribution in [-0.2, 0) is 20.1 Å². The fraction of sp³-hybridized carbons (Fsp3) is 0.385. The van der Waals surface area contributed by atoms with Crippen LogP contribution in [0.5, 0.6) is 11.5 Å². The number of carbonyl (C=O) groups is 2. The molecule has 1 N–H and O–H groups in total. The van der Waals surface area contributed by atoms with Crippen molar-refractivity contribution in [3.8, 4) is 11.5 Å². The van der Waals surface area contributed by atoms with Crippen LogP contribution >= 0.6 is 0 Å². The average Bonchev–Trinajstić information content (AvgIpc) is 2.45. The van der Waals surface area contributed by atoms with E-state index in [-0.39, 0.29) is 18.1 Å². The summed E-state index contributed by atoms with van der Waals surface area (Å²) in [6.45, 7) is 0.692. The highest BCUT2D eigenvalue weighted by Gasteiger charge is 2.34. The van der Waals surface area contributed by atoms with Gasteiger partial charge in [-0.15, -0.1) is 0 Å². The van der Waals surface area contributed by atoms with Crippen molar-refractivity contribution in [2.45, 2.75) is 18.9 Å². The zero-order valence-electron chi connectivity index (χ0n) is 11.8. The molecule has 8 nitrogen and oxygen atoms in total. The second-order valence-electron chi connectivity index (χ2n) is 5.11. The zero-order valence-corrected chi connectivity index (χ0v) is 12.6. The summed E-state index contributed by atoms with van der Waals surface area (Å²) in [5.41, 5.74) is 0.409. The maximum atomic E-state index is 12.7. The van der Waals surface area contributed by atoms with Gasteiger partial charge in [-0.1, -0.05) is 3.89 Å². The molecule has 23 heavy (non-hydrogen) atoms. The normalized spacial score (nSPS) is 21.3. The molecule has 0 aliphatic carbocycles. The number of piperidine rings is 1. The highest BCUT2D eigenvalue weighted by Crippen LogP contribution is 2.37. The fourth-order valence-corrected chi connectivity index (χ4v) is 3.02. The molecule has 2 heterocycles. The van der Waals surface area contributed by atoms with Gasteiger partial charge in [-0.05, 0) is 18.6 Å². The Morgan fingerprint density at radius 3 is 2.83 bits per heavy atom. The Kier molecular flexibility index (Phi) is 3.84. The van der Waals surface area contributed by atoms with Crippen LogP contribution in [0.1, 0.15) is 12.8 Å². The highest BCUT2D eigenvalue weighted by molar-refractivity contribution is 7.81. The van der Waals surface area contributed by atoms with Crippen molar-refractivity contribution in [1.82, 2.24) is 5.32 Å². The SMILES string of the molecule is O=C1CCC(N2CCOc3ccc(OS(=O)(=O)F)cc32)C(=O)N1. The number of halogens is 1. The Labute approximate surface area is 131 Å². The summed E-state index contributed by atoms with van der Waals surface area (Å²) >= 11 is 0. The van der Waals surface area contributed by atoms with E-state index in [4.69, 9.17) is 4.74 Å². The lowest BCUT2D eigenvalue weighted by atomic mass is 10.0. The van der Waals surface area contributed by atoms with E-state index in [0.717, 1.165) is 0 Å². The quantitative estimate of drug-likeness (QED) is 0.621. The van der Waals surface area contributed by atoms with Crippen LogP contribution in [-0.4, -0.2) is 39.4 Å². The van der Waals surface area contributed by atoms with Crippen LogP contribution in [0.3, 0.4) is 0 Å². The van der Waals surface area contributed by atoms with Gasteiger partial charge < -0.3 is 13.8 Å². The minimum Gasteiger partial charge on any atom is -0.490 e. The summed E-state index contributed by atoms with van der Waals surface area (Å²) < 4.78 is 43.5. The Balaban J connectivity index is 1.92. The van der Waals surface area contributed by atoms with Gasteiger partial charge >= 0.3 is 10.5 Å². The molecular weight excluding hydrogens is 331 g/mol. The van der Waals surface area contributed by atoms with E-state index < -0.39 is 22.5 Å². The summed E-state index contributed by atoms with van der Waals surface area (Å²) in [6, 6.07) is 3.39. The molecule has 2 aliphatic heterocycles. The molecule has 0 radical (unpaired) electrons. The van der Waals surface area contributed by atoms with Crippen molar-refractivity contribution in [2.24, 2.45) is 0 Å². The van der Waals surface area contributed by atoms with Gasteiger partial charge in [0.15, 0.2) is 0 Å². The van der Waals surface area contributed by atoms with E-state index in [1.165, 1.54) is 18.2 Å². The van der Waals surface area contributed by atoms with E-state index in [0.29, 0.717) is 31.0 Å². The molecular formula is C13H13FN2O6S. The number of anilines is 1. The predicted molar refractivity (Wildman–Crippen MR) is 76.1 cm³/mol. The number of carbonyl (C=O) groups excluding carboxylic acids is 2. The predicted octanol–water partition coefficient (Wildman–Crippen LogP) is 0.284. The first kappa shape index (κ1) is 15.5. The third-order valence-corrected chi connectivity index (χ3v) is 4.00. The number of hydrogen-bond donors (Lipinski definition) is 1. The molecule has 0 spiro atoms. The number of ether oxygens (including phenoxy) is 1. The fourth-order valence-electron chi connectivity index (χ4n) is 2.69. The molecule has 0 aromatic heterocycles. The first-order valence-electron chi connectivity index (χ1n) is 6.85. The van der Waals surface area contributed by atoms with E-state index in [2.05, 4.69) is 9.50 Å². The largest absolute Gasteiger partial charge is 0.490 e. The van der Waals surface area contributed by atoms with Crippen molar-refractivity contribution in [3.63, 3.8) is 0 Å². The first-order valence-corrected chi connectivity index (χ1v) is 8.15. The van der Waals surface area contributed by atoms with Gasteiger partial charge in [0, 0.05) is 12.5 Å². The topological polar surface area (TPSA) is 102 Å². The van der Waals surface area contributed by atoms with Crippen LogP contribution in [0, 0.1) is 0 Å². The summed E-state index contributed by atoms with van der Waals surface area (Å²) in [5.74, 6) is -0.572. The van der Waals surface area contributed by atoms with Crippen LogP contribution in [0.2, 0.25) is 0 Å². The lowest BCUT2D eigenvalue weighted by molar-refractivity contribution is -0.134. The highest BCUT2D eigenvalue weighted by atomic mass is 32.3. The number of nitrogens with one attached hydrogen (secondary N) is 1. The minimum absolute atomic E-state index is 0.206. The summed E-state index contributed by atoms with van der Waals surface area (Å²) in [4.78, 5) is 25.0. The number of imide groups is 1. The van der Waals surface area contributed by atoms with E-state index in [1.54, 1.807) is 4.90 Å². The number of hydrogen-bond acceptors (Lipinski definition) is 7. The zero-order chi connectivity index (χ0) is 16.6. The second kappa shape index (κ2) is 5.69. The number of fused-ring (bicyclic) bond motifs is 1. The molecule has 124 valence electrons. The molecule has 10 heteroatoms. The molecule has 0 bridgehead atoms. The average molecular weight is 344 g/mol. The van der Waals surface area contributed by atoms with Crippen molar-refractivity contribution in [1.29, 1.82) is 0 Å². The molecule has 1 aromatic carbocycles. The molecule has 1 fully saturated rings. The minimum atomic E-state index is -5.15. The number of amides is 2. The summed E-state index contributed by atoms with van der Waals surface area (Å²) in [7, 11) is -5.15. The molecule has 0 saturated carbocycles. The van der Waals surface area contributed by atoms with Crippen LogP contribution in [0.4, 0.5) is 9.57 Å². The molecule has 2 aliphatic rings. The van der Waals surface area contributed by atoms with E-state index in [1.807, 2.05) is 0 Å². The Hall–Kier alpha value is -2.36. The monoisotopic (exact) mass is 344 g/mol. The molecule has 1 atom stereocenters. The lowest BCUT2D eigenvalue weighted by Crippen LogP contribution is -2.54. The van der Waals surface area contributed by atoms with Gasteiger partial charge in [0.2, 0.25) is 11.8 Å². The smallest absolute Gasteiger partial charge is 0.488 e. The molecule has 1 aromatic rings. The standard InChI is InChI=1S/C13H13FN2O6S/c14-23(19,20)22-8-1-3-11-10(7-8)16(5-6-21-11)9-2-4-12(17)15-13(9)18/h1,3,7,9H,2,4-6H2,(H,15,17,18). The van der Waals surface area contributed by atoms with Gasteiger partial charge in [-0.2, -0.15) is 8.42 Å². The van der Waals surface area contributed by atoms with Crippen LogP contribution in [0.25, 0.3) is 0 Å². The van der Waals surface area contributed by atoms with E-state index in [9.17, 15) is 21.9 Å². The van der Waals surface area contributed by atoms with E-state index >= 15 is 0 Å². The van der Waals surface area contributed by atoms with Gasteiger partial charge in [-0.25, -0.2) is 0 Å². The third kappa shape index (κ3) is 3.36.